The van der Waals surface area contributed by atoms with Crippen LogP contribution in [0.1, 0.15) is 52.4 Å². The fourth-order valence-electron chi connectivity index (χ4n) is 4.21. The van der Waals surface area contributed by atoms with E-state index < -0.39 is 52.8 Å². The van der Waals surface area contributed by atoms with E-state index in [4.69, 9.17) is 16.4 Å². The van der Waals surface area contributed by atoms with Crippen LogP contribution in [0.4, 0.5) is 30.7 Å². The Hall–Kier alpha value is -2.47. The molecule has 2 aliphatic heterocycles. The highest BCUT2D eigenvalue weighted by Gasteiger charge is 2.62. The minimum absolute atomic E-state index is 0.0495. The fourth-order valence-corrected chi connectivity index (χ4v) is 5.39. The third-order valence-corrected chi connectivity index (χ3v) is 8.29. The van der Waals surface area contributed by atoms with Crippen molar-refractivity contribution in [3.8, 4) is 0 Å². The first-order valence-electron chi connectivity index (χ1n) is 11.0. The predicted molar refractivity (Wildman–Crippen MR) is 125 cm³/mol. The van der Waals surface area contributed by atoms with Crippen molar-refractivity contribution >= 4 is 35.0 Å². The van der Waals surface area contributed by atoms with Crippen molar-refractivity contribution in [2.45, 2.75) is 50.2 Å². The number of hydrogen-bond donors (Lipinski definition) is 1. The molecule has 2 aromatic carbocycles. The Morgan fingerprint density at radius 2 is 1.81 bits per heavy atom. The van der Waals surface area contributed by atoms with Gasteiger partial charge in [0.05, 0.1) is 21.8 Å². The number of rotatable bonds is 4. The third kappa shape index (κ3) is 5.14. The van der Waals surface area contributed by atoms with Gasteiger partial charge in [-0.3, -0.25) is 4.79 Å². The number of aryl methyl sites for hydroxylation is 1. The van der Waals surface area contributed by atoms with Crippen molar-refractivity contribution in [2.24, 2.45) is 5.16 Å². The van der Waals surface area contributed by atoms with Crippen molar-refractivity contribution in [1.29, 1.82) is 0 Å². The molecule has 13 heteroatoms. The van der Waals surface area contributed by atoms with Crippen molar-refractivity contribution in [2.75, 3.05) is 11.5 Å². The summed E-state index contributed by atoms with van der Waals surface area (Å²) in [5.74, 6) is -0.400. The van der Waals surface area contributed by atoms with E-state index >= 15 is 0 Å². The van der Waals surface area contributed by atoms with Crippen molar-refractivity contribution in [3.63, 3.8) is 0 Å². The Morgan fingerprint density at radius 1 is 1.14 bits per heavy atom. The summed E-state index contributed by atoms with van der Waals surface area (Å²) >= 11 is 7.22. The van der Waals surface area contributed by atoms with E-state index in [-0.39, 0.29) is 29.3 Å². The number of benzene rings is 2. The molecule has 0 aromatic heterocycles. The number of nitrogens with one attached hydrogen (secondary N) is 1. The predicted octanol–water partition coefficient (Wildman–Crippen LogP) is 7.01. The quantitative estimate of drug-likeness (QED) is 0.404. The van der Waals surface area contributed by atoms with E-state index in [1.807, 2.05) is 6.92 Å². The molecule has 0 bridgehead atoms. The molecule has 1 fully saturated rings. The van der Waals surface area contributed by atoms with Crippen LogP contribution in [-0.4, -0.2) is 34.8 Å². The van der Waals surface area contributed by atoms with Crippen LogP contribution in [0.15, 0.2) is 35.5 Å². The summed E-state index contributed by atoms with van der Waals surface area (Å²) in [6.45, 7) is 3.58. The molecule has 1 saturated heterocycles. The zero-order chi connectivity index (χ0) is 27.4. The van der Waals surface area contributed by atoms with Crippen LogP contribution in [0.25, 0.3) is 0 Å². The highest BCUT2D eigenvalue weighted by atomic mass is 35.5. The van der Waals surface area contributed by atoms with Crippen LogP contribution < -0.4 is 5.32 Å². The standard InChI is InChI=1S/C24H20ClF7N2O2S/c1-12-7-13(3-4-15(12)20(35)33-21(2)10-37-11-21)18-5-6-22(36-34-18,24(30,31)32)16-8-14(23(27,28)29)9-17(25)19(16)26/h3-4,7-9H,5-6,10-11H2,1-2H3,(H,33,35)/t22-/m1/s1. The smallest absolute Gasteiger partial charge is 0.374 e. The molecule has 4 nitrogen and oxygen atoms in total. The van der Waals surface area contributed by atoms with Crippen molar-refractivity contribution in [1.82, 2.24) is 5.32 Å². The molecule has 200 valence electrons. The van der Waals surface area contributed by atoms with Gasteiger partial charge in [-0.25, -0.2) is 4.39 Å². The molecule has 37 heavy (non-hydrogen) atoms. The molecule has 4 rings (SSSR count). The van der Waals surface area contributed by atoms with Gasteiger partial charge >= 0.3 is 12.4 Å². The molecule has 0 saturated carbocycles. The Labute approximate surface area is 216 Å². The topological polar surface area (TPSA) is 50.7 Å². The first-order chi connectivity index (χ1) is 17.1. The average Bonchev–Trinajstić information content (AvgIpc) is 2.78. The van der Waals surface area contributed by atoms with E-state index in [0.717, 1.165) is 11.5 Å². The number of carbonyl (C=O) groups is 1. The molecule has 0 aliphatic carbocycles. The average molecular weight is 569 g/mol. The second kappa shape index (κ2) is 9.37. The molecule has 2 aliphatic rings. The highest BCUT2D eigenvalue weighted by Crippen LogP contribution is 2.50. The Morgan fingerprint density at radius 3 is 2.30 bits per heavy atom. The normalized spacial score (nSPS) is 21.5. The SMILES string of the molecule is Cc1cc(C2=NO[C@](c3cc(C(F)(F)F)cc(Cl)c3F)(C(F)(F)F)CC2)ccc1C(=O)NC1(C)CSC1. The Balaban J connectivity index is 1.66. The van der Waals surface area contributed by atoms with Gasteiger partial charge in [-0.05, 0) is 55.7 Å². The highest BCUT2D eigenvalue weighted by molar-refractivity contribution is 8.00. The van der Waals surface area contributed by atoms with Gasteiger partial charge in [-0.2, -0.15) is 38.1 Å². The lowest BCUT2D eigenvalue weighted by atomic mass is 9.84. The zero-order valence-corrected chi connectivity index (χ0v) is 21.0. The first kappa shape index (κ1) is 27.6. The first-order valence-corrected chi connectivity index (χ1v) is 12.5. The molecule has 2 heterocycles. The van der Waals surface area contributed by atoms with E-state index in [1.54, 1.807) is 24.8 Å². The van der Waals surface area contributed by atoms with Gasteiger partial charge in [-0.1, -0.05) is 22.8 Å². The summed E-state index contributed by atoms with van der Waals surface area (Å²) in [5.41, 5.74) is -5.38. The maximum atomic E-state index is 14.7. The number of nitrogens with zero attached hydrogens (tertiary/aromatic N) is 1. The lowest BCUT2D eigenvalue weighted by Gasteiger charge is -2.38. The van der Waals surface area contributed by atoms with Crippen LogP contribution in [-0.2, 0) is 16.6 Å². The number of carbonyl (C=O) groups excluding carboxylic acids is 1. The van der Waals surface area contributed by atoms with Gasteiger partial charge < -0.3 is 10.2 Å². The Bertz CT molecular complexity index is 1270. The van der Waals surface area contributed by atoms with Crippen molar-refractivity contribution < 1.29 is 40.4 Å². The number of thioether (sulfide) groups is 1. The summed E-state index contributed by atoms with van der Waals surface area (Å²) in [7, 11) is 0. The molecule has 0 spiro atoms. The number of amides is 1. The van der Waals surface area contributed by atoms with E-state index in [0.29, 0.717) is 16.7 Å². The monoisotopic (exact) mass is 568 g/mol. The van der Waals surface area contributed by atoms with Gasteiger partial charge in [0.1, 0.15) is 5.82 Å². The minimum Gasteiger partial charge on any atom is -0.374 e. The number of hydrogen-bond acceptors (Lipinski definition) is 4. The second-order valence-electron chi connectivity index (χ2n) is 9.31. The number of alkyl halides is 6. The molecule has 1 amide bonds. The van der Waals surface area contributed by atoms with Crippen LogP contribution in [0.5, 0.6) is 0 Å². The van der Waals surface area contributed by atoms with Gasteiger partial charge in [-0.15, -0.1) is 0 Å². The molecule has 1 atom stereocenters. The molecular weight excluding hydrogens is 549 g/mol. The van der Waals surface area contributed by atoms with E-state index in [1.165, 1.54) is 12.1 Å². The minimum atomic E-state index is -5.32. The molecule has 0 radical (unpaired) electrons. The maximum Gasteiger partial charge on any atom is 0.435 e. The molecular formula is C24H20ClF7N2O2S. The van der Waals surface area contributed by atoms with Gasteiger partial charge in [0, 0.05) is 29.1 Å². The van der Waals surface area contributed by atoms with Gasteiger partial charge in [0.15, 0.2) is 0 Å². The summed E-state index contributed by atoms with van der Waals surface area (Å²) in [6, 6.07) is 4.82. The van der Waals surface area contributed by atoms with E-state index in [2.05, 4.69) is 10.5 Å². The van der Waals surface area contributed by atoms with Crippen LogP contribution in [0.3, 0.4) is 0 Å². The summed E-state index contributed by atoms with van der Waals surface area (Å²) in [6.07, 6.45) is -11.7. The largest absolute Gasteiger partial charge is 0.435 e. The Kier molecular flexibility index (Phi) is 6.98. The van der Waals surface area contributed by atoms with Crippen LogP contribution in [0, 0.1) is 12.7 Å². The lowest BCUT2D eigenvalue weighted by Crippen LogP contribution is -2.55. The second-order valence-corrected chi connectivity index (χ2v) is 10.7. The summed E-state index contributed by atoms with van der Waals surface area (Å²) < 4.78 is 97.0. The van der Waals surface area contributed by atoms with Gasteiger partial charge in [0.25, 0.3) is 11.5 Å². The summed E-state index contributed by atoms with van der Waals surface area (Å²) in [5, 5.41) is 5.39. The maximum absolute atomic E-state index is 14.7. The lowest BCUT2D eigenvalue weighted by molar-refractivity contribution is -0.292. The zero-order valence-electron chi connectivity index (χ0n) is 19.4. The molecule has 0 unspecified atom stereocenters. The van der Waals surface area contributed by atoms with Gasteiger partial charge in [0.2, 0.25) is 0 Å². The fraction of sp³-hybridized carbons (Fsp3) is 0.417. The number of halogens is 8. The van der Waals surface area contributed by atoms with Crippen LogP contribution in [0.2, 0.25) is 5.02 Å². The molecule has 2 aromatic rings. The summed E-state index contributed by atoms with van der Waals surface area (Å²) in [4.78, 5) is 17.5. The molecule has 1 N–H and O–H groups in total. The van der Waals surface area contributed by atoms with Crippen molar-refractivity contribution in [3.05, 3.63) is 69.0 Å². The third-order valence-electron chi connectivity index (χ3n) is 6.33. The number of oxime groups is 1. The van der Waals surface area contributed by atoms with Crippen LogP contribution >= 0.6 is 23.4 Å². The van der Waals surface area contributed by atoms with E-state index in [9.17, 15) is 35.5 Å².